The second-order valence-corrected chi connectivity index (χ2v) is 5.85. The van der Waals surface area contributed by atoms with Gasteiger partial charge in [-0.2, -0.15) is 0 Å². The molecular formula is C17H15ClN2O4. The summed E-state index contributed by atoms with van der Waals surface area (Å²) >= 11 is 5.89. The number of ether oxygens (including phenoxy) is 2. The van der Waals surface area contributed by atoms with Crippen LogP contribution >= 0.6 is 11.6 Å². The van der Waals surface area contributed by atoms with E-state index in [0.717, 1.165) is 0 Å². The lowest BCUT2D eigenvalue weighted by atomic mass is 10.0. The Labute approximate surface area is 143 Å². The van der Waals surface area contributed by atoms with Crippen molar-refractivity contribution in [2.45, 2.75) is 12.5 Å². The van der Waals surface area contributed by atoms with Gasteiger partial charge < -0.3 is 20.1 Å². The van der Waals surface area contributed by atoms with Crippen molar-refractivity contribution in [2.24, 2.45) is 0 Å². The van der Waals surface area contributed by atoms with Gasteiger partial charge in [0.25, 0.3) is 17.4 Å². The number of nitrogens with one attached hydrogen (secondary N) is 2. The van der Waals surface area contributed by atoms with Crippen LogP contribution < -0.4 is 20.1 Å². The Morgan fingerprint density at radius 1 is 1.25 bits per heavy atom. The van der Waals surface area contributed by atoms with E-state index in [2.05, 4.69) is 10.6 Å². The lowest BCUT2D eigenvalue weighted by Gasteiger charge is -2.33. The molecule has 0 saturated carbocycles. The van der Waals surface area contributed by atoms with Crippen LogP contribution in [0.3, 0.4) is 0 Å². The van der Waals surface area contributed by atoms with E-state index in [1.807, 2.05) is 0 Å². The number of amides is 2. The fraction of sp³-hybridized carbons (Fsp3) is 0.176. The smallest absolute Gasteiger partial charge is 0.278 e. The van der Waals surface area contributed by atoms with Crippen LogP contribution in [0.2, 0.25) is 5.02 Å². The standard InChI is InChI=1S/C17H15ClN2O4/c1-17(15(21)19-11-4-6-12(23-2)7-5-11)16(22)20-13-9-10(18)3-8-14(13)24-17/h3-9H,1-2H3,(H,19,21)(H,20,22). The number of hydrogen-bond donors (Lipinski definition) is 2. The third kappa shape index (κ3) is 2.88. The number of fused-ring (bicyclic) bond motifs is 1. The van der Waals surface area contributed by atoms with Gasteiger partial charge >= 0.3 is 0 Å². The van der Waals surface area contributed by atoms with Gasteiger partial charge in [-0.05, 0) is 49.4 Å². The van der Waals surface area contributed by atoms with Gasteiger partial charge in [0.05, 0.1) is 12.8 Å². The van der Waals surface area contributed by atoms with E-state index < -0.39 is 17.4 Å². The molecule has 0 radical (unpaired) electrons. The predicted octanol–water partition coefficient (Wildman–Crippen LogP) is 3.08. The first-order chi connectivity index (χ1) is 11.4. The summed E-state index contributed by atoms with van der Waals surface area (Å²) in [6.07, 6.45) is 0. The number of carbonyl (C=O) groups is 2. The van der Waals surface area contributed by atoms with Gasteiger partial charge in [0.15, 0.2) is 0 Å². The molecule has 0 aliphatic carbocycles. The summed E-state index contributed by atoms with van der Waals surface area (Å²) < 4.78 is 10.7. The zero-order chi connectivity index (χ0) is 17.3. The van der Waals surface area contributed by atoms with Crippen molar-refractivity contribution >= 4 is 34.8 Å². The van der Waals surface area contributed by atoms with Crippen LogP contribution in [0.4, 0.5) is 11.4 Å². The summed E-state index contributed by atoms with van der Waals surface area (Å²) in [5.41, 5.74) is -0.733. The lowest BCUT2D eigenvalue weighted by molar-refractivity contribution is -0.143. The molecule has 7 heteroatoms. The molecule has 1 aliphatic rings. The number of halogens is 1. The third-order valence-electron chi connectivity index (χ3n) is 3.72. The van der Waals surface area contributed by atoms with Crippen LogP contribution in [0.1, 0.15) is 6.92 Å². The highest BCUT2D eigenvalue weighted by Gasteiger charge is 2.47. The Hall–Kier alpha value is -2.73. The summed E-state index contributed by atoms with van der Waals surface area (Å²) in [6.45, 7) is 1.42. The molecule has 1 unspecified atom stereocenters. The van der Waals surface area contributed by atoms with Crippen LogP contribution in [0.5, 0.6) is 11.5 Å². The molecular weight excluding hydrogens is 332 g/mol. The molecule has 1 heterocycles. The van der Waals surface area contributed by atoms with Crippen molar-refractivity contribution in [1.29, 1.82) is 0 Å². The van der Waals surface area contributed by atoms with Crippen LogP contribution in [0, 0.1) is 0 Å². The molecule has 1 atom stereocenters. The van der Waals surface area contributed by atoms with E-state index in [4.69, 9.17) is 21.1 Å². The largest absolute Gasteiger partial charge is 0.497 e. The summed E-state index contributed by atoms with van der Waals surface area (Å²) in [5, 5.41) is 5.78. The molecule has 1 aliphatic heterocycles. The Balaban J connectivity index is 1.82. The first kappa shape index (κ1) is 16.1. The van der Waals surface area contributed by atoms with Gasteiger partial charge in [-0.25, -0.2) is 0 Å². The van der Waals surface area contributed by atoms with Gasteiger partial charge in [-0.15, -0.1) is 0 Å². The van der Waals surface area contributed by atoms with Crippen molar-refractivity contribution < 1.29 is 19.1 Å². The van der Waals surface area contributed by atoms with Crippen LogP contribution in [0.15, 0.2) is 42.5 Å². The number of benzene rings is 2. The minimum atomic E-state index is -1.69. The molecule has 0 bridgehead atoms. The van der Waals surface area contributed by atoms with E-state index in [0.29, 0.717) is 27.9 Å². The second kappa shape index (κ2) is 6.05. The maximum absolute atomic E-state index is 12.6. The van der Waals surface area contributed by atoms with E-state index >= 15 is 0 Å². The highest BCUT2D eigenvalue weighted by atomic mass is 35.5. The Kier molecular flexibility index (Phi) is 4.07. The zero-order valence-electron chi connectivity index (χ0n) is 13.1. The zero-order valence-corrected chi connectivity index (χ0v) is 13.8. The predicted molar refractivity (Wildman–Crippen MR) is 90.7 cm³/mol. The molecule has 124 valence electrons. The lowest BCUT2D eigenvalue weighted by Crippen LogP contribution is -2.56. The van der Waals surface area contributed by atoms with Gasteiger partial charge in [-0.3, -0.25) is 9.59 Å². The molecule has 24 heavy (non-hydrogen) atoms. The van der Waals surface area contributed by atoms with Crippen LogP contribution in [-0.4, -0.2) is 24.5 Å². The molecule has 0 spiro atoms. The monoisotopic (exact) mass is 346 g/mol. The molecule has 0 saturated heterocycles. The summed E-state index contributed by atoms with van der Waals surface area (Å²) in [4.78, 5) is 24.9. The number of rotatable bonds is 3. The van der Waals surface area contributed by atoms with Crippen molar-refractivity contribution in [3.8, 4) is 11.5 Å². The minimum absolute atomic E-state index is 0.381. The number of hydrogen-bond acceptors (Lipinski definition) is 4. The molecule has 2 aromatic carbocycles. The fourth-order valence-corrected chi connectivity index (χ4v) is 2.44. The highest BCUT2D eigenvalue weighted by molar-refractivity contribution is 6.31. The maximum Gasteiger partial charge on any atom is 0.278 e. The summed E-state index contributed by atoms with van der Waals surface area (Å²) in [6, 6.07) is 11.6. The van der Waals surface area contributed by atoms with Crippen molar-refractivity contribution in [2.75, 3.05) is 17.7 Å². The topological polar surface area (TPSA) is 76.7 Å². The van der Waals surface area contributed by atoms with E-state index in [1.54, 1.807) is 49.6 Å². The van der Waals surface area contributed by atoms with Crippen LogP contribution in [-0.2, 0) is 9.59 Å². The summed E-state index contributed by atoms with van der Waals surface area (Å²) in [5.74, 6) is -0.0999. The average Bonchev–Trinajstić information content (AvgIpc) is 2.57. The maximum atomic E-state index is 12.6. The average molecular weight is 347 g/mol. The molecule has 6 nitrogen and oxygen atoms in total. The van der Waals surface area contributed by atoms with Crippen molar-refractivity contribution in [3.63, 3.8) is 0 Å². The first-order valence-corrected chi connectivity index (χ1v) is 7.56. The minimum Gasteiger partial charge on any atom is -0.497 e. The van der Waals surface area contributed by atoms with Crippen molar-refractivity contribution in [1.82, 2.24) is 0 Å². The molecule has 3 rings (SSSR count). The third-order valence-corrected chi connectivity index (χ3v) is 3.95. The Morgan fingerprint density at radius 2 is 1.96 bits per heavy atom. The Morgan fingerprint density at radius 3 is 2.62 bits per heavy atom. The molecule has 2 aromatic rings. The van der Waals surface area contributed by atoms with Crippen LogP contribution in [0.25, 0.3) is 0 Å². The quantitative estimate of drug-likeness (QED) is 0.837. The Bertz CT molecular complexity index is 807. The van der Waals surface area contributed by atoms with E-state index in [9.17, 15) is 9.59 Å². The van der Waals surface area contributed by atoms with E-state index in [-0.39, 0.29) is 0 Å². The highest BCUT2D eigenvalue weighted by Crippen LogP contribution is 2.36. The molecule has 0 fully saturated rings. The summed E-state index contributed by atoms with van der Waals surface area (Å²) in [7, 11) is 1.55. The first-order valence-electron chi connectivity index (χ1n) is 7.18. The molecule has 2 N–H and O–H groups in total. The number of carbonyl (C=O) groups excluding carboxylic acids is 2. The number of methoxy groups -OCH3 is 1. The fourth-order valence-electron chi connectivity index (χ4n) is 2.27. The van der Waals surface area contributed by atoms with Crippen molar-refractivity contribution in [3.05, 3.63) is 47.5 Å². The molecule has 0 aromatic heterocycles. The van der Waals surface area contributed by atoms with Gasteiger partial charge in [-0.1, -0.05) is 11.6 Å². The van der Waals surface area contributed by atoms with Gasteiger partial charge in [0, 0.05) is 10.7 Å². The normalized spacial score (nSPS) is 18.9. The molecule has 2 amide bonds. The van der Waals surface area contributed by atoms with Gasteiger partial charge in [0.1, 0.15) is 11.5 Å². The SMILES string of the molecule is COc1ccc(NC(=O)C2(C)Oc3ccc(Cl)cc3NC2=O)cc1. The van der Waals surface area contributed by atoms with Gasteiger partial charge in [0.2, 0.25) is 0 Å². The number of anilines is 2. The van der Waals surface area contributed by atoms with E-state index in [1.165, 1.54) is 6.92 Å². The second-order valence-electron chi connectivity index (χ2n) is 5.41.